The fourth-order valence-corrected chi connectivity index (χ4v) is 3.08. The van der Waals surface area contributed by atoms with Gasteiger partial charge in [-0.1, -0.05) is 43.5 Å². The second-order valence-corrected chi connectivity index (χ2v) is 5.82. The van der Waals surface area contributed by atoms with E-state index in [0.29, 0.717) is 12.6 Å². The van der Waals surface area contributed by atoms with E-state index in [1.165, 1.54) is 43.2 Å². The molecule has 1 aliphatic carbocycles. The molecule has 1 aliphatic rings. The molecule has 0 saturated heterocycles. The number of nitrogens with one attached hydrogen (secondary N) is 1. The lowest BCUT2D eigenvalue weighted by molar-refractivity contribution is 0.185. The van der Waals surface area contributed by atoms with E-state index in [1.54, 1.807) is 7.11 Å². The smallest absolute Gasteiger partial charge is 0.0713 e. The Morgan fingerprint density at radius 3 is 2.68 bits per heavy atom. The van der Waals surface area contributed by atoms with Gasteiger partial charge in [-0.25, -0.2) is 0 Å². The van der Waals surface area contributed by atoms with Crippen molar-refractivity contribution in [2.45, 2.75) is 58.2 Å². The van der Waals surface area contributed by atoms with Crippen molar-refractivity contribution in [2.24, 2.45) is 5.92 Å². The first kappa shape index (κ1) is 14.5. The van der Waals surface area contributed by atoms with E-state index < -0.39 is 0 Å². The van der Waals surface area contributed by atoms with E-state index in [9.17, 15) is 0 Å². The Kier molecular flexibility index (Phi) is 5.87. The van der Waals surface area contributed by atoms with E-state index in [1.807, 2.05) is 0 Å². The Morgan fingerprint density at radius 2 is 1.95 bits per heavy atom. The minimum atomic E-state index is 0.631. The second kappa shape index (κ2) is 7.66. The van der Waals surface area contributed by atoms with Crippen LogP contribution in [0.15, 0.2) is 24.3 Å². The predicted octanol–water partition coefficient (Wildman–Crippen LogP) is 3.89. The molecule has 0 radical (unpaired) electrons. The van der Waals surface area contributed by atoms with Crippen molar-refractivity contribution in [1.82, 2.24) is 5.32 Å². The molecule has 1 N–H and O–H groups in total. The van der Waals surface area contributed by atoms with Crippen LogP contribution in [-0.4, -0.2) is 13.2 Å². The van der Waals surface area contributed by atoms with Crippen molar-refractivity contribution in [3.05, 3.63) is 35.4 Å². The van der Waals surface area contributed by atoms with Crippen molar-refractivity contribution >= 4 is 0 Å². The lowest BCUT2D eigenvalue weighted by atomic mass is 9.84. The van der Waals surface area contributed by atoms with Gasteiger partial charge in [0.15, 0.2) is 0 Å². The molecule has 0 aromatic heterocycles. The summed E-state index contributed by atoms with van der Waals surface area (Å²) < 4.78 is 5.18. The molecule has 2 nitrogen and oxygen atoms in total. The van der Waals surface area contributed by atoms with Crippen LogP contribution in [0.3, 0.4) is 0 Å². The zero-order chi connectivity index (χ0) is 13.5. The standard InChI is InChI=1S/C17H27NO/c1-14(17-9-4-3-5-10-17)18-12-15-7-6-8-16(11-15)13-19-2/h6-8,11,14,17-18H,3-5,9-10,12-13H2,1-2H3. The minimum Gasteiger partial charge on any atom is -0.380 e. The minimum absolute atomic E-state index is 0.631. The molecule has 2 heteroatoms. The summed E-state index contributed by atoms with van der Waals surface area (Å²) in [6.07, 6.45) is 7.07. The van der Waals surface area contributed by atoms with Crippen LogP contribution in [0.4, 0.5) is 0 Å². The number of rotatable bonds is 6. The summed E-state index contributed by atoms with van der Waals surface area (Å²) in [5.41, 5.74) is 2.62. The highest BCUT2D eigenvalue weighted by Crippen LogP contribution is 2.26. The van der Waals surface area contributed by atoms with Crippen LogP contribution < -0.4 is 5.32 Å². The van der Waals surface area contributed by atoms with E-state index in [2.05, 4.69) is 36.5 Å². The van der Waals surface area contributed by atoms with Gasteiger partial charge in [0, 0.05) is 19.7 Å². The molecule has 0 amide bonds. The Balaban J connectivity index is 1.82. The third kappa shape index (κ3) is 4.63. The molecule has 2 rings (SSSR count). The molecular formula is C17H27NO. The maximum Gasteiger partial charge on any atom is 0.0713 e. The highest BCUT2D eigenvalue weighted by atomic mass is 16.5. The third-order valence-electron chi connectivity index (χ3n) is 4.29. The topological polar surface area (TPSA) is 21.3 Å². The lowest BCUT2D eigenvalue weighted by Crippen LogP contribution is -2.34. The Bertz CT molecular complexity index is 371. The average Bonchev–Trinajstić information content (AvgIpc) is 2.46. The zero-order valence-corrected chi connectivity index (χ0v) is 12.3. The molecule has 19 heavy (non-hydrogen) atoms. The maximum absolute atomic E-state index is 5.18. The van der Waals surface area contributed by atoms with Crippen LogP contribution in [0, 0.1) is 5.92 Å². The number of hydrogen-bond acceptors (Lipinski definition) is 2. The van der Waals surface area contributed by atoms with Crippen LogP contribution in [0.2, 0.25) is 0 Å². The monoisotopic (exact) mass is 261 g/mol. The largest absolute Gasteiger partial charge is 0.380 e. The summed E-state index contributed by atoms with van der Waals surface area (Å²) in [4.78, 5) is 0. The molecule has 1 atom stereocenters. The zero-order valence-electron chi connectivity index (χ0n) is 12.3. The van der Waals surface area contributed by atoms with Crippen molar-refractivity contribution in [3.63, 3.8) is 0 Å². The fourth-order valence-electron chi connectivity index (χ4n) is 3.08. The molecule has 0 spiro atoms. The molecular weight excluding hydrogens is 234 g/mol. The van der Waals surface area contributed by atoms with Gasteiger partial charge in [-0.05, 0) is 36.8 Å². The SMILES string of the molecule is COCc1cccc(CNC(C)C2CCCCC2)c1. The normalized spacial score (nSPS) is 18.4. The number of methoxy groups -OCH3 is 1. The fraction of sp³-hybridized carbons (Fsp3) is 0.647. The molecule has 1 saturated carbocycles. The summed E-state index contributed by atoms with van der Waals surface area (Å²) in [6, 6.07) is 9.31. The van der Waals surface area contributed by atoms with Gasteiger partial charge in [0.2, 0.25) is 0 Å². The Hall–Kier alpha value is -0.860. The first-order valence-electron chi connectivity index (χ1n) is 7.59. The van der Waals surface area contributed by atoms with E-state index in [4.69, 9.17) is 4.74 Å². The van der Waals surface area contributed by atoms with Gasteiger partial charge in [0.25, 0.3) is 0 Å². The average molecular weight is 261 g/mol. The second-order valence-electron chi connectivity index (χ2n) is 5.82. The van der Waals surface area contributed by atoms with Gasteiger partial charge >= 0.3 is 0 Å². The van der Waals surface area contributed by atoms with Gasteiger partial charge < -0.3 is 10.1 Å². The van der Waals surface area contributed by atoms with Gasteiger partial charge in [-0.15, -0.1) is 0 Å². The van der Waals surface area contributed by atoms with Gasteiger partial charge in [-0.3, -0.25) is 0 Å². The third-order valence-corrected chi connectivity index (χ3v) is 4.29. The predicted molar refractivity (Wildman–Crippen MR) is 80.0 cm³/mol. The first-order chi connectivity index (χ1) is 9.29. The van der Waals surface area contributed by atoms with E-state index in [0.717, 1.165) is 12.5 Å². The van der Waals surface area contributed by atoms with Crippen LogP contribution in [0.1, 0.15) is 50.2 Å². The molecule has 0 heterocycles. The molecule has 1 aromatic carbocycles. The van der Waals surface area contributed by atoms with Gasteiger partial charge in [0.05, 0.1) is 6.61 Å². The van der Waals surface area contributed by atoms with E-state index in [-0.39, 0.29) is 0 Å². The van der Waals surface area contributed by atoms with Crippen LogP contribution in [0.25, 0.3) is 0 Å². The molecule has 106 valence electrons. The first-order valence-corrected chi connectivity index (χ1v) is 7.59. The number of benzene rings is 1. The number of ether oxygens (including phenoxy) is 1. The van der Waals surface area contributed by atoms with Gasteiger partial charge in [-0.2, -0.15) is 0 Å². The summed E-state index contributed by atoms with van der Waals surface area (Å²) >= 11 is 0. The summed E-state index contributed by atoms with van der Waals surface area (Å²) in [7, 11) is 1.75. The molecule has 0 bridgehead atoms. The Labute approximate surface area is 117 Å². The molecule has 1 unspecified atom stereocenters. The van der Waals surface area contributed by atoms with Gasteiger partial charge in [0.1, 0.15) is 0 Å². The van der Waals surface area contributed by atoms with Crippen LogP contribution in [-0.2, 0) is 17.9 Å². The molecule has 1 fully saturated rings. The van der Waals surface area contributed by atoms with Crippen LogP contribution >= 0.6 is 0 Å². The van der Waals surface area contributed by atoms with Crippen molar-refractivity contribution in [1.29, 1.82) is 0 Å². The van der Waals surface area contributed by atoms with Crippen LogP contribution in [0.5, 0.6) is 0 Å². The summed E-state index contributed by atoms with van der Waals surface area (Å²) in [5, 5.41) is 3.70. The summed E-state index contributed by atoms with van der Waals surface area (Å²) in [6.45, 7) is 4.01. The Morgan fingerprint density at radius 1 is 1.21 bits per heavy atom. The molecule has 1 aromatic rings. The lowest BCUT2D eigenvalue weighted by Gasteiger charge is -2.28. The van der Waals surface area contributed by atoms with Crippen molar-refractivity contribution in [2.75, 3.05) is 7.11 Å². The quantitative estimate of drug-likeness (QED) is 0.838. The highest BCUT2D eigenvalue weighted by molar-refractivity contribution is 5.22. The molecule has 0 aliphatic heterocycles. The summed E-state index contributed by atoms with van der Waals surface area (Å²) in [5.74, 6) is 0.871. The highest BCUT2D eigenvalue weighted by Gasteiger charge is 2.19. The van der Waals surface area contributed by atoms with Crippen molar-refractivity contribution < 1.29 is 4.74 Å². The van der Waals surface area contributed by atoms with E-state index >= 15 is 0 Å². The number of hydrogen-bond donors (Lipinski definition) is 1. The van der Waals surface area contributed by atoms with Crippen molar-refractivity contribution in [3.8, 4) is 0 Å². The maximum atomic E-state index is 5.18.